The van der Waals surface area contributed by atoms with Gasteiger partial charge in [-0.25, -0.2) is 4.79 Å². The molecular weight excluding hydrogens is 214 g/mol. The van der Waals surface area contributed by atoms with Crippen LogP contribution in [0.1, 0.15) is 11.6 Å². The molecule has 1 aromatic rings. The van der Waals surface area contributed by atoms with Crippen LogP contribution in [-0.4, -0.2) is 22.6 Å². The van der Waals surface area contributed by atoms with Gasteiger partial charge in [0.1, 0.15) is 0 Å². The van der Waals surface area contributed by atoms with Gasteiger partial charge in [-0.1, -0.05) is 6.07 Å². The maximum Gasteiger partial charge on any atom is 0.315 e. The molecule has 0 aromatic heterocycles. The normalized spacial score (nSPS) is 19.0. The maximum atomic E-state index is 10.9. The number of aromatic hydroxyl groups is 1. The first-order valence-electron chi connectivity index (χ1n) is 4.59. The number of hydrogen-bond donors (Lipinski definition) is 3. The minimum atomic E-state index is -0.664. The largest absolute Gasteiger partial charge is 0.502 e. The lowest BCUT2D eigenvalue weighted by molar-refractivity contribution is -0.385. The van der Waals surface area contributed by atoms with Crippen molar-refractivity contribution in [3.05, 3.63) is 33.9 Å². The first kappa shape index (κ1) is 10.2. The fourth-order valence-electron chi connectivity index (χ4n) is 1.56. The van der Waals surface area contributed by atoms with Crippen molar-refractivity contribution in [1.82, 2.24) is 10.6 Å². The fraction of sp³-hybridized carbons (Fsp3) is 0.222. The topological polar surface area (TPSA) is 104 Å². The van der Waals surface area contributed by atoms with Crippen LogP contribution < -0.4 is 10.6 Å². The van der Waals surface area contributed by atoms with Gasteiger partial charge in [0.05, 0.1) is 11.0 Å². The van der Waals surface area contributed by atoms with Crippen LogP contribution in [-0.2, 0) is 0 Å². The van der Waals surface area contributed by atoms with E-state index in [1.165, 1.54) is 12.1 Å². The van der Waals surface area contributed by atoms with Crippen LogP contribution in [0.4, 0.5) is 10.5 Å². The third kappa shape index (κ3) is 1.74. The molecule has 1 heterocycles. The molecule has 1 aliphatic rings. The van der Waals surface area contributed by atoms with E-state index in [1.807, 2.05) is 0 Å². The van der Waals surface area contributed by atoms with Gasteiger partial charge in [-0.15, -0.1) is 0 Å². The average molecular weight is 223 g/mol. The van der Waals surface area contributed by atoms with E-state index in [9.17, 15) is 20.0 Å². The summed E-state index contributed by atoms with van der Waals surface area (Å²) < 4.78 is 0. The van der Waals surface area contributed by atoms with E-state index < -0.39 is 4.92 Å². The molecular formula is C9H9N3O4. The molecule has 0 spiro atoms. The molecule has 0 aliphatic carbocycles. The number of amides is 2. The van der Waals surface area contributed by atoms with Crippen LogP contribution in [0.3, 0.4) is 0 Å². The molecule has 16 heavy (non-hydrogen) atoms. The van der Waals surface area contributed by atoms with Crippen molar-refractivity contribution in [1.29, 1.82) is 0 Å². The Morgan fingerprint density at radius 2 is 2.25 bits per heavy atom. The molecule has 0 bridgehead atoms. The summed E-state index contributed by atoms with van der Waals surface area (Å²) in [6.45, 7) is 0.376. The molecule has 2 amide bonds. The lowest BCUT2D eigenvalue weighted by Gasteiger charge is -2.08. The van der Waals surface area contributed by atoms with Crippen LogP contribution in [0.2, 0.25) is 0 Å². The smallest absolute Gasteiger partial charge is 0.315 e. The predicted octanol–water partition coefficient (Wildman–Crippen LogP) is 0.654. The third-order valence-corrected chi connectivity index (χ3v) is 2.37. The number of nitrogens with zero attached hydrogens (tertiary/aromatic N) is 1. The summed E-state index contributed by atoms with van der Waals surface area (Å²) in [7, 11) is 0. The van der Waals surface area contributed by atoms with E-state index in [0.717, 1.165) is 0 Å². The minimum absolute atomic E-state index is 0.299. The zero-order valence-corrected chi connectivity index (χ0v) is 8.14. The molecule has 3 N–H and O–H groups in total. The summed E-state index contributed by atoms with van der Waals surface area (Å²) >= 11 is 0. The Hall–Kier alpha value is -2.31. The Labute approximate surface area is 90.2 Å². The number of nitro benzene ring substituents is 1. The van der Waals surface area contributed by atoms with E-state index >= 15 is 0 Å². The highest BCUT2D eigenvalue weighted by molar-refractivity contribution is 5.77. The Morgan fingerprint density at radius 3 is 2.81 bits per heavy atom. The van der Waals surface area contributed by atoms with Gasteiger partial charge in [0.25, 0.3) is 0 Å². The number of hydrogen-bond acceptors (Lipinski definition) is 4. The maximum absolute atomic E-state index is 10.9. The van der Waals surface area contributed by atoms with Crippen molar-refractivity contribution in [3.8, 4) is 5.75 Å². The van der Waals surface area contributed by atoms with E-state index in [4.69, 9.17) is 0 Å². The van der Waals surface area contributed by atoms with Crippen molar-refractivity contribution in [3.63, 3.8) is 0 Å². The number of benzene rings is 1. The Balaban J connectivity index is 2.32. The second kappa shape index (κ2) is 3.69. The molecule has 84 valence electrons. The molecule has 0 radical (unpaired) electrons. The highest BCUT2D eigenvalue weighted by Crippen LogP contribution is 2.29. The van der Waals surface area contributed by atoms with Crippen molar-refractivity contribution >= 4 is 11.7 Å². The SMILES string of the molecule is O=C1NC[C@@H](c2ccc(O)c([N+](=O)[O-])c2)N1. The number of nitro groups is 1. The van der Waals surface area contributed by atoms with Gasteiger partial charge in [0.2, 0.25) is 0 Å². The van der Waals surface area contributed by atoms with Gasteiger partial charge in [-0.05, 0) is 11.6 Å². The summed E-state index contributed by atoms with van der Waals surface area (Å²) in [6, 6.07) is 3.44. The second-order valence-electron chi connectivity index (χ2n) is 3.41. The van der Waals surface area contributed by atoms with Crippen molar-refractivity contribution in [2.24, 2.45) is 0 Å². The number of rotatable bonds is 2. The first-order valence-corrected chi connectivity index (χ1v) is 4.59. The van der Waals surface area contributed by atoms with E-state index in [-0.39, 0.29) is 23.5 Å². The lowest BCUT2D eigenvalue weighted by Crippen LogP contribution is -2.21. The van der Waals surface area contributed by atoms with Crippen molar-refractivity contribution in [2.75, 3.05) is 6.54 Å². The van der Waals surface area contributed by atoms with E-state index in [2.05, 4.69) is 10.6 Å². The Bertz CT molecular complexity index is 460. The zero-order chi connectivity index (χ0) is 11.7. The average Bonchev–Trinajstić information content (AvgIpc) is 2.65. The Kier molecular flexibility index (Phi) is 2.35. The van der Waals surface area contributed by atoms with Crippen LogP contribution in [0, 0.1) is 10.1 Å². The third-order valence-electron chi connectivity index (χ3n) is 2.37. The zero-order valence-electron chi connectivity index (χ0n) is 8.14. The molecule has 0 saturated carbocycles. The predicted molar refractivity (Wildman–Crippen MR) is 54.0 cm³/mol. The molecule has 7 nitrogen and oxygen atoms in total. The summed E-state index contributed by atoms with van der Waals surface area (Å²) in [5.41, 5.74) is 0.224. The Morgan fingerprint density at radius 1 is 1.50 bits per heavy atom. The van der Waals surface area contributed by atoms with Gasteiger partial charge >= 0.3 is 11.7 Å². The molecule has 0 unspecified atom stereocenters. The molecule has 1 aromatic carbocycles. The molecule has 7 heteroatoms. The number of urea groups is 1. The summed E-state index contributed by atoms with van der Waals surface area (Å²) in [5, 5.41) is 25.0. The quantitative estimate of drug-likeness (QED) is 0.505. The number of carbonyl (C=O) groups is 1. The van der Waals surface area contributed by atoms with Gasteiger partial charge in [-0.2, -0.15) is 0 Å². The molecule has 1 atom stereocenters. The first-order chi connectivity index (χ1) is 7.58. The van der Waals surface area contributed by atoms with Gasteiger partial charge < -0.3 is 15.7 Å². The summed E-state index contributed by atoms with van der Waals surface area (Å²) in [5.74, 6) is -0.383. The number of carbonyl (C=O) groups excluding carboxylic acids is 1. The molecule has 1 aliphatic heterocycles. The van der Waals surface area contributed by atoms with Gasteiger partial charge in [-0.3, -0.25) is 10.1 Å². The fourth-order valence-corrected chi connectivity index (χ4v) is 1.56. The molecule has 2 rings (SSSR count). The van der Waals surface area contributed by atoms with Crippen LogP contribution in [0.25, 0.3) is 0 Å². The van der Waals surface area contributed by atoms with Gasteiger partial charge in [0, 0.05) is 12.6 Å². The van der Waals surface area contributed by atoms with Crippen LogP contribution in [0.5, 0.6) is 5.75 Å². The van der Waals surface area contributed by atoms with Gasteiger partial charge in [0.15, 0.2) is 5.75 Å². The highest BCUT2D eigenvalue weighted by atomic mass is 16.6. The lowest BCUT2D eigenvalue weighted by atomic mass is 10.1. The van der Waals surface area contributed by atoms with Crippen LogP contribution >= 0.6 is 0 Å². The molecule has 1 fully saturated rings. The number of nitrogens with one attached hydrogen (secondary N) is 2. The summed E-state index contributed by atoms with van der Waals surface area (Å²) in [4.78, 5) is 20.8. The highest BCUT2D eigenvalue weighted by Gasteiger charge is 2.24. The van der Waals surface area contributed by atoms with E-state index in [1.54, 1.807) is 6.07 Å². The number of phenolic OH excluding ortho intramolecular Hbond substituents is 1. The number of phenols is 1. The standard InChI is InChI=1S/C9H9N3O4/c13-8-2-1-5(3-7(8)12(15)16)6-4-10-9(14)11-6/h1-3,6,13H,4H2,(H2,10,11,14)/t6-/m0/s1. The van der Waals surface area contributed by atoms with Crippen molar-refractivity contribution in [2.45, 2.75) is 6.04 Å². The minimum Gasteiger partial charge on any atom is -0.502 e. The second-order valence-corrected chi connectivity index (χ2v) is 3.41. The van der Waals surface area contributed by atoms with E-state index in [0.29, 0.717) is 12.1 Å². The molecule has 1 saturated heterocycles. The van der Waals surface area contributed by atoms with Crippen molar-refractivity contribution < 1.29 is 14.8 Å². The summed E-state index contributed by atoms with van der Waals surface area (Å²) in [6.07, 6.45) is 0. The van der Waals surface area contributed by atoms with Crippen LogP contribution in [0.15, 0.2) is 18.2 Å². The monoisotopic (exact) mass is 223 g/mol.